The molecular formula is C12H13F3N4O3. The second-order valence-corrected chi connectivity index (χ2v) is 4.77. The van der Waals surface area contributed by atoms with Crippen LogP contribution in [0.15, 0.2) is 12.3 Å². The summed E-state index contributed by atoms with van der Waals surface area (Å²) in [6.45, 7) is 0.249. The Morgan fingerprint density at radius 1 is 1.32 bits per heavy atom. The quantitative estimate of drug-likeness (QED) is 0.669. The van der Waals surface area contributed by atoms with E-state index in [9.17, 15) is 22.8 Å². The predicted molar refractivity (Wildman–Crippen MR) is 67.8 cm³/mol. The highest BCUT2D eigenvalue weighted by molar-refractivity contribution is 5.89. The van der Waals surface area contributed by atoms with Gasteiger partial charge in [0.25, 0.3) is 0 Å². The van der Waals surface area contributed by atoms with Gasteiger partial charge in [-0.1, -0.05) is 0 Å². The highest BCUT2D eigenvalue weighted by Gasteiger charge is 2.48. The van der Waals surface area contributed by atoms with Crippen molar-refractivity contribution in [2.45, 2.75) is 12.6 Å². The summed E-state index contributed by atoms with van der Waals surface area (Å²) in [6, 6.07) is 0.756. The highest BCUT2D eigenvalue weighted by atomic mass is 19.4. The Labute approximate surface area is 122 Å². The van der Waals surface area contributed by atoms with Crippen LogP contribution >= 0.6 is 0 Å². The Kier molecular flexibility index (Phi) is 4.48. The number of halogens is 3. The summed E-state index contributed by atoms with van der Waals surface area (Å²) < 4.78 is 37.3. The first-order valence-corrected chi connectivity index (χ1v) is 6.43. The highest BCUT2D eigenvalue weighted by Crippen LogP contribution is 2.38. The lowest BCUT2D eigenvalue weighted by molar-refractivity contribution is -0.141. The van der Waals surface area contributed by atoms with Gasteiger partial charge in [0.2, 0.25) is 11.9 Å². The molecule has 0 spiro atoms. The molecule has 1 aromatic heterocycles. The fourth-order valence-corrected chi connectivity index (χ4v) is 1.85. The zero-order valence-corrected chi connectivity index (χ0v) is 11.2. The predicted octanol–water partition coefficient (Wildman–Crippen LogP) is 0.744. The molecule has 0 aliphatic heterocycles. The molecule has 10 heteroatoms. The zero-order valence-electron chi connectivity index (χ0n) is 11.2. The summed E-state index contributed by atoms with van der Waals surface area (Å²) in [5, 5.41) is 13.7. The van der Waals surface area contributed by atoms with Gasteiger partial charge < -0.3 is 15.7 Å². The van der Waals surface area contributed by atoms with Crippen LogP contribution in [0.25, 0.3) is 0 Å². The fourth-order valence-electron chi connectivity index (χ4n) is 1.85. The number of amides is 1. The first kappa shape index (κ1) is 16.0. The first-order chi connectivity index (χ1) is 10.3. The van der Waals surface area contributed by atoms with Crippen molar-refractivity contribution in [1.82, 2.24) is 15.3 Å². The molecule has 3 N–H and O–H groups in total. The molecule has 1 fully saturated rings. The van der Waals surface area contributed by atoms with E-state index in [4.69, 9.17) is 5.11 Å². The minimum atomic E-state index is -4.55. The molecule has 2 rings (SSSR count). The second-order valence-electron chi connectivity index (χ2n) is 4.77. The monoisotopic (exact) mass is 318 g/mol. The van der Waals surface area contributed by atoms with Crippen LogP contribution < -0.4 is 10.6 Å². The molecule has 0 aromatic carbocycles. The van der Waals surface area contributed by atoms with Crippen molar-refractivity contribution in [3.8, 4) is 0 Å². The van der Waals surface area contributed by atoms with Gasteiger partial charge >= 0.3 is 12.1 Å². The van der Waals surface area contributed by atoms with E-state index in [0.29, 0.717) is 6.42 Å². The third-order valence-corrected chi connectivity index (χ3v) is 3.10. The number of carbonyl (C=O) groups excluding carboxylic acids is 1. The Morgan fingerprint density at radius 3 is 2.64 bits per heavy atom. The van der Waals surface area contributed by atoms with E-state index in [2.05, 4.69) is 20.6 Å². The normalized spacial score (nSPS) is 20.3. The van der Waals surface area contributed by atoms with Crippen LogP contribution in [0.4, 0.5) is 19.1 Å². The number of nitrogens with zero attached hydrogens (tertiary/aromatic N) is 2. The Morgan fingerprint density at radius 2 is 2.05 bits per heavy atom. The summed E-state index contributed by atoms with van der Waals surface area (Å²) in [5.74, 6) is -2.74. The number of hydrogen-bond acceptors (Lipinski definition) is 5. The molecule has 7 nitrogen and oxygen atoms in total. The molecule has 120 valence electrons. The van der Waals surface area contributed by atoms with E-state index >= 15 is 0 Å². The number of alkyl halides is 3. The molecular weight excluding hydrogens is 305 g/mol. The van der Waals surface area contributed by atoms with Gasteiger partial charge in [-0.05, 0) is 12.5 Å². The third kappa shape index (κ3) is 4.06. The third-order valence-electron chi connectivity index (χ3n) is 3.10. The molecule has 2 atom stereocenters. The molecule has 1 heterocycles. The van der Waals surface area contributed by atoms with Gasteiger partial charge in [0, 0.05) is 19.3 Å². The summed E-state index contributed by atoms with van der Waals surface area (Å²) in [5.41, 5.74) is -1.06. The summed E-state index contributed by atoms with van der Waals surface area (Å²) in [6.07, 6.45) is -3.25. The van der Waals surface area contributed by atoms with Crippen molar-refractivity contribution in [2.75, 3.05) is 18.4 Å². The molecule has 0 saturated heterocycles. The Hall–Kier alpha value is -2.39. The van der Waals surface area contributed by atoms with Gasteiger partial charge in [-0.15, -0.1) is 0 Å². The average Bonchev–Trinajstić information content (AvgIpc) is 3.23. The number of carboxylic acids is 1. The molecule has 1 amide bonds. The molecule has 0 radical (unpaired) electrons. The van der Waals surface area contributed by atoms with Crippen LogP contribution in [0.3, 0.4) is 0 Å². The van der Waals surface area contributed by atoms with Crippen molar-refractivity contribution >= 4 is 17.8 Å². The number of nitrogens with one attached hydrogen (secondary N) is 2. The average molecular weight is 318 g/mol. The number of rotatable bonds is 6. The topological polar surface area (TPSA) is 104 Å². The van der Waals surface area contributed by atoms with Crippen molar-refractivity contribution < 1.29 is 27.9 Å². The minimum Gasteiger partial charge on any atom is -0.481 e. The molecule has 1 saturated carbocycles. The Bertz CT molecular complexity index is 579. The number of anilines is 1. The van der Waals surface area contributed by atoms with E-state index in [0.717, 1.165) is 12.3 Å². The van der Waals surface area contributed by atoms with Gasteiger partial charge in [-0.25, -0.2) is 9.97 Å². The van der Waals surface area contributed by atoms with E-state index in [-0.39, 0.29) is 24.9 Å². The van der Waals surface area contributed by atoms with Crippen molar-refractivity contribution in [3.63, 3.8) is 0 Å². The van der Waals surface area contributed by atoms with E-state index in [1.165, 1.54) is 0 Å². The van der Waals surface area contributed by atoms with E-state index in [1.54, 1.807) is 0 Å². The van der Waals surface area contributed by atoms with Crippen LogP contribution in [-0.2, 0) is 15.8 Å². The standard InChI is InChI=1S/C12H13F3N4O3/c13-12(14,15)8-1-2-17-11(19-8)18-4-3-16-9(20)6-5-7(6)10(21)22/h1-2,6-7H,3-5H2,(H,16,20)(H,21,22)(H,17,18,19)/t6-,7+/m0/s1. The maximum Gasteiger partial charge on any atom is 0.433 e. The largest absolute Gasteiger partial charge is 0.481 e. The smallest absolute Gasteiger partial charge is 0.433 e. The lowest BCUT2D eigenvalue weighted by atomic mass is 10.3. The Balaban J connectivity index is 1.73. The maximum atomic E-state index is 12.4. The number of hydrogen-bond donors (Lipinski definition) is 3. The lowest BCUT2D eigenvalue weighted by Gasteiger charge is -2.09. The lowest BCUT2D eigenvalue weighted by Crippen LogP contribution is -2.31. The molecule has 22 heavy (non-hydrogen) atoms. The molecule has 1 aromatic rings. The number of aromatic nitrogens is 2. The van der Waals surface area contributed by atoms with Crippen molar-refractivity contribution in [2.24, 2.45) is 11.8 Å². The van der Waals surface area contributed by atoms with Gasteiger partial charge in [-0.3, -0.25) is 9.59 Å². The van der Waals surface area contributed by atoms with Gasteiger partial charge in [-0.2, -0.15) is 13.2 Å². The summed E-state index contributed by atoms with van der Waals surface area (Å²) >= 11 is 0. The van der Waals surface area contributed by atoms with Crippen molar-refractivity contribution in [1.29, 1.82) is 0 Å². The molecule has 1 aliphatic rings. The summed E-state index contributed by atoms with van der Waals surface area (Å²) in [4.78, 5) is 29.1. The number of aliphatic carboxylic acids is 1. The second kappa shape index (κ2) is 6.16. The molecule has 1 aliphatic carbocycles. The van der Waals surface area contributed by atoms with E-state index in [1.807, 2.05) is 0 Å². The van der Waals surface area contributed by atoms with Gasteiger partial charge in [0.1, 0.15) is 5.69 Å². The van der Waals surface area contributed by atoms with Crippen molar-refractivity contribution in [3.05, 3.63) is 18.0 Å². The number of carbonyl (C=O) groups is 2. The fraction of sp³-hybridized carbons (Fsp3) is 0.500. The zero-order chi connectivity index (χ0) is 16.3. The molecule has 0 unspecified atom stereocenters. The molecule has 0 bridgehead atoms. The maximum absolute atomic E-state index is 12.4. The van der Waals surface area contributed by atoms with Gasteiger partial charge in [0.05, 0.1) is 11.8 Å². The SMILES string of the molecule is O=C(NCCNc1nccc(C(F)(F)F)n1)[C@H]1C[C@H]1C(=O)O. The summed E-state index contributed by atoms with van der Waals surface area (Å²) in [7, 11) is 0. The first-order valence-electron chi connectivity index (χ1n) is 6.43. The van der Waals surface area contributed by atoms with E-state index < -0.39 is 29.7 Å². The van der Waals surface area contributed by atoms with Crippen LogP contribution in [0.5, 0.6) is 0 Å². The van der Waals surface area contributed by atoms with Crippen LogP contribution in [0.2, 0.25) is 0 Å². The minimum absolute atomic E-state index is 0.123. The number of carboxylic acid groups (broad SMARTS) is 1. The van der Waals surface area contributed by atoms with Crippen LogP contribution in [0, 0.1) is 11.8 Å². The van der Waals surface area contributed by atoms with Crippen LogP contribution in [-0.4, -0.2) is 40.0 Å². The van der Waals surface area contributed by atoms with Crippen LogP contribution in [0.1, 0.15) is 12.1 Å². The van der Waals surface area contributed by atoms with Gasteiger partial charge in [0.15, 0.2) is 0 Å².